The molecule has 0 aliphatic carbocycles. The smallest absolute Gasteiger partial charge is 0.375 e. The molecule has 0 fully saturated rings. The third kappa shape index (κ3) is 5.25. The molecule has 13 heteroatoms. The van der Waals surface area contributed by atoms with Crippen LogP contribution in [0.25, 0.3) is 0 Å². The minimum absolute atomic E-state index is 0.0147. The quantitative estimate of drug-likeness (QED) is 0.571. The molecule has 1 unspecified atom stereocenters. The van der Waals surface area contributed by atoms with Gasteiger partial charge in [0.15, 0.2) is 0 Å². The first-order valence-corrected chi connectivity index (χ1v) is 10.7. The molecule has 182 valence electrons. The topological polar surface area (TPSA) is 81.8 Å². The number of benzene rings is 2. The number of ether oxygens (including phenoxy) is 1. The maximum atomic E-state index is 14.2. The van der Waals surface area contributed by atoms with Crippen LogP contribution < -0.4 is 15.6 Å². The van der Waals surface area contributed by atoms with Crippen molar-refractivity contribution in [1.29, 1.82) is 0 Å². The number of hydrazine groups is 1. The number of anilines is 1. The summed E-state index contributed by atoms with van der Waals surface area (Å²) in [5.41, 5.74) is -0.386. The number of methoxy groups -OCH3 is 1. The number of rotatable bonds is 5. The summed E-state index contributed by atoms with van der Waals surface area (Å²) in [5.74, 6) is -1.23. The Kier molecular flexibility index (Phi) is 7.66. The van der Waals surface area contributed by atoms with Gasteiger partial charge in [0.2, 0.25) is 11.6 Å². The lowest BCUT2D eigenvalue weighted by Crippen LogP contribution is -2.70. The first kappa shape index (κ1) is 26.1. The van der Waals surface area contributed by atoms with Crippen LogP contribution in [0.4, 0.5) is 18.9 Å². The number of amides is 2. The van der Waals surface area contributed by atoms with Crippen LogP contribution in [0, 0.1) is 0 Å². The fraction of sp³-hybridized carbons (Fsp3) is 0.286. The lowest BCUT2D eigenvalue weighted by Gasteiger charge is -2.26. The van der Waals surface area contributed by atoms with Crippen molar-refractivity contribution in [2.45, 2.75) is 25.1 Å². The summed E-state index contributed by atoms with van der Waals surface area (Å²) in [5, 5.41) is 3.31. The van der Waals surface area contributed by atoms with Gasteiger partial charge >= 0.3 is 11.8 Å². The maximum Gasteiger partial charge on any atom is 0.440 e. The number of carbonyl (C=O) groups is 2. The van der Waals surface area contributed by atoms with Crippen LogP contribution >= 0.6 is 34.8 Å². The first-order valence-electron chi connectivity index (χ1n) is 9.60. The highest BCUT2D eigenvalue weighted by molar-refractivity contribution is 6.35. The molecule has 7 nitrogen and oxygen atoms in total. The van der Waals surface area contributed by atoms with Gasteiger partial charge in [-0.2, -0.15) is 13.2 Å². The molecule has 0 spiro atoms. The van der Waals surface area contributed by atoms with E-state index < -0.39 is 30.0 Å². The van der Waals surface area contributed by atoms with E-state index >= 15 is 0 Å². The van der Waals surface area contributed by atoms with Crippen molar-refractivity contribution >= 4 is 58.0 Å². The predicted molar refractivity (Wildman–Crippen MR) is 120 cm³/mol. The Morgan fingerprint density at radius 3 is 2.38 bits per heavy atom. The Hall–Kier alpha value is -2.53. The molecule has 0 saturated carbocycles. The average molecular weight is 540 g/mol. The summed E-state index contributed by atoms with van der Waals surface area (Å²) < 4.78 is 47.5. The number of alkyl halides is 3. The Morgan fingerprint density at radius 1 is 1.18 bits per heavy atom. The van der Waals surface area contributed by atoms with E-state index in [-0.39, 0.29) is 44.2 Å². The van der Waals surface area contributed by atoms with Gasteiger partial charge in [-0.3, -0.25) is 19.9 Å². The van der Waals surface area contributed by atoms with Gasteiger partial charge in [-0.1, -0.05) is 34.8 Å². The highest BCUT2D eigenvalue weighted by Crippen LogP contribution is 2.46. The van der Waals surface area contributed by atoms with Gasteiger partial charge in [0.05, 0.1) is 17.1 Å². The van der Waals surface area contributed by atoms with E-state index in [4.69, 9.17) is 44.4 Å². The molecule has 1 atom stereocenters. The van der Waals surface area contributed by atoms with E-state index in [0.29, 0.717) is 0 Å². The summed E-state index contributed by atoms with van der Waals surface area (Å²) >= 11 is 18.1. The third-order valence-corrected chi connectivity index (χ3v) is 5.68. The molecule has 2 aromatic rings. The fourth-order valence-corrected chi connectivity index (χ4v) is 4.10. The van der Waals surface area contributed by atoms with Crippen molar-refractivity contribution < 1.29 is 37.5 Å². The second-order valence-electron chi connectivity index (χ2n) is 7.33. The van der Waals surface area contributed by atoms with Gasteiger partial charge in [-0.05, 0) is 41.6 Å². The monoisotopic (exact) mass is 538 g/mol. The van der Waals surface area contributed by atoms with Crippen molar-refractivity contribution in [1.82, 2.24) is 5.43 Å². The van der Waals surface area contributed by atoms with Crippen molar-refractivity contribution in [2.75, 3.05) is 18.7 Å². The Morgan fingerprint density at radius 2 is 1.82 bits per heavy atom. The molecule has 2 aromatic carbocycles. The number of hydrogen-bond acceptors (Lipinski definition) is 4. The van der Waals surface area contributed by atoms with E-state index in [1.807, 2.05) is 0 Å². The summed E-state index contributed by atoms with van der Waals surface area (Å²) in [7, 11) is 1.30. The molecule has 0 aromatic heterocycles. The van der Waals surface area contributed by atoms with Gasteiger partial charge in [0.25, 0.3) is 5.91 Å². The van der Waals surface area contributed by atoms with Gasteiger partial charge in [0, 0.05) is 35.2 Å². The molecule has 0 saturated heterocycles. The molecule has 0 radical (unpaired) electrons. The number of carbonyl (C=O) groups excluding carboxylic acids is 2. The molecular formula is C21H18Cl3F3N3O4+. The zero-order valence-corrected chi connectivity index (χ0v) is 20.0. The molecule has 2 amide bonds. The number of nitrogens with zero attached hydrogens (tertiary/aromatic N) is 1. The SMILES string of the molecule is COCC(=O)NN(C(C)=O)c1cc(C2=[NH+]OC(c3cc(Cl)cc(Cl)c3)(C(F)(F)F)C2)ccc1Cl. The Labute approximate surface area is 207 Å². The van der Waals surface area contributed by atoms with Crippen LogP contribution in [0.1, 0.15) is 24.5 Å². The van der Waals surface area contributed by atoms with Crippen LogP contribution in [0.3, 0.4) is 0 Å². The third-order valence-electron chi connectivity index (χ3n) is 4.92. The number of hydrogen-bond donors (Lipinski definition) is 2. The van der Waals surface area contributed by atoms with Crippen LogP contribution in [-0.2, 0) is 24.8 Å². The average Bonchev–Trinajstić information content (AvgIpc) is 3.19. The van der Waals surface area contributed by atoms with Gasteiger partial charge in [0.1, 0.15) is 6.61 Å². The fourth-order valence-electron chi connectivity index (χ4n) is 3.37. The summed E-state index contributed by atoms with van der Waals surface area (Å²) in [6.07, 6.45) is -5.49. The second-order valence-corrected chi connectivity index (χ2v) is 8.61. The van der Waals surface area contributed by atoms with E-state index in [9.17, 15) is 22.8 Å². The zero-order valence-electron chi connectivity index (χ0n) is 17.7. The van der Waals surface area contributed by atoms with Crippen molar-refractivity contribution in [3.8, 4) is 0 Å². The van der Waals surface area contributed by atoms with Crippen molar-refractivity contribution in [2.24, 2.45) is 0 Å². The van der Waals surface area contributed by atoms with Crippen LogP contribution in [0.5, 0.6) is 0 Å². The van der Waals surface area contributed by atoms with Crippen molar-refractivity contribution in [3.63, 3.8) is 0 Å². The Bertz CT molecular complexity index is 1140. The minimum Gasteiger partial charge on any atom is -0.375 e. The summed E-state index contributed by atoms with van der Waals surface area (Å²) in [6, 6.07) is 7.74. The van der Waals surface area contributed by atoms with E-state index in [1.165, 1.54) is 38.3 Å². The van der Waals surface area contributed by atoms with Crippen LogP contribution in [-0.4, -0.2) is 37.4 Å². The molecule has 3 rings (SSSR count). The molecular weight excluding hydrogens is 522 g/mol. The lowest BCUT2D eigenvalue weighted by molar-refractivity contribution is -0.776. The maximum absolute atomic E-state index is 14.2. The molecule has 0 bridgehead atoms. The van der Waals surface area contributed by atoms with Gasteiger partial charge in [-0.15, -0.1) is 0 Å². The number of halogens is 6. The highest BCUT2D eigenvalue weighted by atomic mass is 35.5. The van der Waals surface area contributed by atoms with Gasteiger partial charge < -0.3 is 4.74 Å². The molecule has 1 aliphatic rings. The normalized spacial score (nSPS) is 17.7. The first-order chi connectivity index (χ1) is 15.9. The van der Waals surface area contributed by atoms with E-state index in [1.54, 1.807) is 0 Å². The second kappa shape index (κ2) is 9.99. The number of nitrogens with one attached hydrogen (secondary N) is 2. The molecule has 2 N–H and O–H groups in total. The predicted octanol–water partition coefficient (Wildman–Crippen LogP) is 3.34. The molecule has 1 aliphatic heterocycles. The molecule has 34 heavy (non-hydrogen) atoms. The van der Waals surface area contributed by atoms with E-state index in [2.05, 4.69) is 10.6 Å². The largest absolute Gasteiger partial charge is 0.440 e. The van der Waals surface area contributed by atoms with Crippen LogP contribution in [0.2, 0.25) is 15.1 Å². The Balaban J connectivity index is 2.00. The molecule has 1 heterocycles. The van der Waals surface area contributed by atoms with E-state index in [0.717, 1.165) is 17.1 Å². The highest BCUT2D eigenvalue weighted by Gasteiger charge is 2.66. The summed E-state index contributed by atoms with van der Waals surface area (Å²) in [4.78, 5) is 29.2. The van der Waals surface area contributed by atoms with Gasteiger partial charge in [-0.25, -0.2) is 5.01 Å². The summed E-state index contributed by atoms with van der Waals surface area (Å²) in [6.45, 7) is 0.849. The lowest BCUT2D eigenvalue weighted by atomic mass is 9.86. The van der Waals surface area contributed by atoms with Crippen molar-refractivity contribution in [3.05, 3.63) is 62.6 Å². The standard InChI is InChI=1S/C21H17Cl3F3N3O4/c1-11(31)30(28-19(32)10-33-2)18-5-12(3-4-16(18)24)17-9-20(34-29-17,21(25,26)27)13-6-14(22)8-15(23)7-13/h3-8H,9-10H2,1-2H3,(H,28,32)/p+1. The van der Waals surface area contributed by atoms with Crippen LogP contribution in [0.15, 0.2) is 36.4 Å². The zero-order chi connectivity index (χ0) is 25.3. The minimum atomic E-state index is -4.84.